The van der Waals surface area contributed by atoms with Crippen LogP contribution in [-0.2, 0) is 0 Å². The summed E-state index contributed by atoms with van der Waals surface area (Å²) < 4.78 is 14.8. The van der Waals surface area contributed by atoms with E-state index in [4.69, 9.17) is 5.11 Å². The summed E-state index contributed by atoms with van der Waals surface area (Å²) in [5.41, 5.74) is 1.56. The first kappa shape index (κ1) is 13.2. The first-order chi connectivity index (χ1) is 8.90. The molecule has 1 aromatic carbocycles. The maximum Gasteiger partial charge on any atom is 0.358 e. The highest BCUT2D eigenvalue weighted by Gasteiger charge is 2.22. The highest BCUT2D eigenvalue weighted by atomic mass is 19.1. The monoisotopic (exact) mass is 263 g/mol. The highest BCUT2D eigenvalue weighted by Crippen LogP contribution is 2.22. The molecule has 0 atom stereocenters. The van der Waals surface area contributed by atoms with E-state index in [9.17, 15) is 9.18 Å². The predicted octanol–water partition coefficient (Wildman–Crippen LogP) is 2.54. The number of aromatic carboxylic acids is 1. The van der Waals surface area contributed by atoms with Crippen LogP contribution in [0.25, 0.3) is 5.69 Å². The second-order valence-electron chi connectivity index (χ2n) is 4.68. The number of halogens is 1. The van der Waals surface area contributed by atoms with Gasteiger partial charge in [0.15, 0.2) is 5.69 Å². The number of hydrogen-bond donors (Lipinski definition) is 1. The number of aromatic nitrogens is 3. The lowest BCUT2D eigenvalue weighted by atomic mass is 10.1. The fraction of sp³-hybridized carbons (Fsp3) is 0.308. The maximum absolute atomic E-state index is 13.4. The zero-order chi connectivity index (χ0) is 14.2. The van der Waals surface area contributed by atoms with E-state index in [-0.39, 0.29) is 11.6 Å². The minimum Gasteiger partial charge on any atom is -0.476 e. The zero-order valence-electron chi connectivity index (χ0n) is 10.9. The average Bonchev–Trinajstić information content (AvgIpc) is 2.71. The lowest BCUT2D eigenvalue weighted by Crippen LogP contribution is -2.08. The molecule has 0 saturated carbocycles. The van der Waals surface area contributed by atoms with Crippen molar-refractivity contribution in [3.63, 3.8) is 0 Å². The van der Waals surface area contributed by atoms with Gasteiger partial charge in [0, 0.05) is 0 Å². The predicted molar refractivity (Wildman–Crippen MR) is 67.1 cm³/mol. The van der Waals surface area contributed by atoms with Crippen molar-refractivity contribution in [1.82, 2.24) is 15.0 Å². The van der Waals surface area contributed by atoms with Gasteiger partial charge in [0.25, 0.3) is 0 Å². The molecular weight excluding hydrogens is 249 g/mol. The first-order valence-corrected chi connectivity index (χ1v) is 5.86. The van der Waals surface area contributed by atoms with E-state index in [2.05, 4.69) is 10.3 Å². The molecule has 6 heteroatoms. The molecule has 1 N–H and O–H groups in total. The normalized spacial score (nSPS) is 11.0. The van der Waals surface area contributed by atoms with Crippen LogP contribution in [0.5, 0.6) is 0 Å². The van der Waals surface area contributed by atoms with Gasteiger partial charge in [-0.3, -0.25) is 0 Å². The third-order valence-electron chi connectivity index (χ3n) is 2.73. The Morgan fingerprint density at radius 1 is 1.37 bits per heavy atom. The maximum atomic E-state index is 13.4. The lowest BCUT2D eigenvalue weighted by Gasteiger charge is -2.10. The Morgan fingerprint density at radius 3 is 2.58 bits per heavy atom. The fourth-order valence-electron chi connectivity index (χ4n) is 1.99. The summed E-state index contributed by atoms with van der Waals surface area (Å²) in [5, 5.41) is 16.6. The summed E-state index contributed by atoms with van der Waals surface area (Å²) in [6.07, 6.45) is 0. The minimum absolute atomic E-state index is 0.0929. The molecule has 0 radical (unpaired) electrons. The van der Waals surface area contributed by atoms with Gasteiger partial charge in [-0.05, 0) is 36.6 Å². The van der Waals surface area contributed by atoms with Gasteiger partial charge in [0.2, 0.25) is 0 Å². The van der Waals surface area contributed by atoms with E-state index in [1.807, 2.05) is 13.8 Å². The summed E-state index contributed by atoms with van der Waals surface area (Å²) >= 11 is 0. The molecular formula is C13H14FN3O2. The van der Waals surface area contributed by atoms with E-state index in [0.29, 0.717) is 11.4 Å². The third kappa shape index (κ3) is 2.47. The second kappa shape index (κ2) is 4.79. The Labute approximate surface area is 109 Å². The third-order valence-corrected chi connectivity index (χ3v) is 2.73. The largest absolute Gasteiger partial charge is 0.476 e. The molecule has 1 heterocycles. The number of hydrogen-bond acceptors (Lipinski definition) is 3. The zero-order valence-corrected chi connectivity index (χ0v) is 10.9. The molecule has 1 aromatic heterocycles. The summed E-state index contributed by atoms with van der Waals surface area (Å²) in [7, 11) is 0. The number of aryl methyl sites for hydroxylation is 1. The molecule has 0 bridgehead atoms. The Morgan fingerprint density at radius 2 is 2.05 bits per heavy atom. The van der Waals surface area contributed by atoms with E-state index < -0.39 is 11.8 Å². The number of benzene rings is 1. The first-order valence-electron chi connectivity index (χ1n) is 5.86. The van der Waals surface area contributed by atoms with Crippen molar-refractivity contribution in [2.24, 2.45) is 0 Å². The van der Waals surface area contributed by atoms with Crippen LogP contribution in [0, 0.1) is 12.7 Å². The summed E-state index contributed by atoms with van der Waals surface area (Å²) in [5.74, 6) is -1.62. The summed E-state index contributed by atoms with van der Waals surface area (Å²) in [4.78, 5) is 11.1. The standard InChI is InChI=1S/C13H14FN3O2/c1-7(2)12-11(13(18)19)15-16-17(12)10-5-8(3)4-9(14)6-10/h4-7H,1-3H3,(H,18,19). The average molecular weight is 263 g/mol. The molecule has 2 aromatic rings. The Kier molecular flexibility index (Phi) is 3.33. The SMILES string of the molecule is Cc1cc(F)cc(-n2nnc(C(=O)O)c2C(C)C)c1. The van der Waals surface area contributed by atoms with Crippen LogP contribution >= 0.6 is 0 Å². The van der Waals surface area contributed by atoms with E-state index in [1.165, 1.54) is 16.8 Å². The number of nitrogens with zero attached hydrogens (tertiary/aromatic N) is 3. The Balaban J connectivity index is 2.65. The molecule has 0 amide bonds. The summed E-state index contributed by atoms with van der Waals surface area (Å²) in [6.45, 7) is 5.44. The van der Waals surface area contributed by atoms with E-state index >= 15 is 0 Å². The Bertz CT molecular complexity index is 615. The van der Waals surface area contributed by atoms with Gasteiger partial charge in [-0.2, -0.15) is 0 Å². The van der Waals surface area contributed by atoms with Crippen LogP contribution in [0.4, 0.5) is 4.39 Å². The summed E-state index contributed by atoms with van der Waals surface area (Å²) in [6, 6.07) is 4.43. The van der Waals surface area contributed by atoms with Crippen LogP contribution in [-0.4, -0.2) is 26.1 Å². The topological polar surface area (TPSA) is 68.0 Å². The van der Waals surface area contributed by atoms with E-state index in [0.717, 1.165) is 5.56 Å². The van der Waals surface area contributed by atoms with E-state index in [1.54, 1.807) is 13.0 Å². The van der Waals surface area contributed by atoms with Gasteiger partial charge >= 0.3 is 5.97 Å². The minimum atomic E-state index is -1.14. The van der Waals surface area contributed by atoms with Crippen molar-refractivity contribution in [3.8, 4) is 5.69 Å². The van der Waals surface area contributed by atoms with Gasteiger partial charge < -0.3 is 5.11 Å². The Hall–Kier alpha value is -2.24. The fourth-order valence-corrected chi connectivity index (χ4v) is 1.99. The van der Waals surface area contributed by atoms with Crippen molar-refractivity contribution < 1.29 is 14.3 Å². The van der Waals surface area contributed by atoms with Crippen molar-refractivity contribution in [2.45, 2.75) is 26.7 Å². The molecule has 100 valence electrons. The van der Waals surface area contributed by atoms with Gasteiger partial charge in [-0.1, -0.05) is 19.1 Å². The molecule has 0 fully saturated rings. The molecule has 0 saturated heterocycles. The van der Waals surface area contributed by atoms with Gasteiger partial charge in [-0.25, -0.2) is 13.9 Å². The van der Waals surface area contributed by atoms with Crippen LogP contribution in [0.15, 0.2) is 18.2 Å². The number of carbonyl (C=O) groups is 1. The lowest BCUT2D eigenvalue weighted by molar-refractivity contribution is 0.0688. The highest BCUT2D eigenvalue weighted by molar-refractivity contribution is 5.86. The molecule has 0 unspecified atom stereocenters. The van der Waals surface area contributed by atoms with Crippen molar-refractivity contribution >= 4 is 5.97 Å². The molecule has 0 aliphatic heterocycles. The molecule has 0 spiro atoms. The molecule has 0 aliphatic carbocycles. The van der Waals surface area contributed by atoms with Crippen LogP contribution in [0.1, 0.15) is 41.5 Å². The van der Waals surface area contributed by atoms with Crippen molar-refractivity contribution in [1.29, 1.82) is 0 Å². The van der Waals surface area contributed by atoms with Crippen molar-refractivity contribution in [2.75, 3.05) is 0 Å². The molecule has 0 aliphatic rings. The van der Waals surface area contributed by atoms with Gasteiger partial charge in [-0.15, -0.1) is 5.10 Å². The second-order valence-corrected chi connectivity index (χ2v) is 4.68. The van der Waals surface area contributed by atoms with Crippen molar-refractivity contribution in [3.05, 3.63) is 41.0 Å². The van der Waals surface area contributed by atoms with Gasteiger partial charge in [0.05, 0.1) is 11.4 Å². The smallest absolute Gasteiger partial charge is 0.358 e. The number of carboxylic acids is 1. The molecule has 5 nitrogen and oxygen atoms in total. The molecule has 19 heavy (non-hydrogen) atoms. The van der Waals surface area contributed by atoms with Crippen LogP contribution in [0.3, 0.4) is 0 Å². The van der Waals surface area contributed by atoms with Gasteiger partial charge in [0.1, 0.15) is 5.82 Å². The number of carboxylic acid groups (broad SMARTS) is 1. The number of rotatable bonds is 3. The molecule has 2 rings (SSSR count). The van der Waals surface area contributed by atoms with Crippen LogP contribution < -0.4 is 0 Å². The quantitative estimate of drug-likeness (QED) is 0.924. The van der Waals surface area contributed by atoms with Crippen LogP contribution in [0.2, 0.25) is 0 Å².